The van der Waals surface area contributed by atoms with Gasteiger partial charge in [-0.1, -0.05) is 0 Å². The van der Waals surface area contributed by atoms with Crippen molar-refractivity contribution >= 4 is 5.78 Å². The molecule has 0 bridgehead atoms. The van der Waals surface area contributed by atoms with Gasteiger partial charge in [-0.05, 0) is 6.92 Å². The van der Waals surface area contributed by atoms with Gasteiger partial charge in [-0.3, -0.25) is 4.79 Å². The lowest BCUT2D eigenvalue weighted by atomic mass is 10.1. The molecular weight excluding hydrogens is 132 g/mol. The molecule has 0 spiro atoms. The third-order valence-electron chi connectivity index (χ3n) is 1.35. The summed E-state index contributed by atoms with van der Waals surface area (Å²) in [6, 6.07) is 0. The van der Waals surface area contributed by atoms with E-state index in [1.165, 1.54) is 6.08 Å². The molecular formula is C7H10O3. The maximum absolute atomic E-state index is 10.8. The third kappa shape index (κ3) is 1.57. The molecule has 0 radical (unpaired) electrons. The van der Waals surface area contributed by atoms with Crippen molar-refractivity contribution in [1.82, 2.24) is 0 Å². The molecule has 3 heteroatoms. The first-order valence-electron chi connectivity index (χ1n) is 3.21. The lowest BCUT2D eigenvalue weighted by Crippen LogP contribution is -2.24. The van der Waals surface area contributed by atoms with Crippen LogP contribution in [0.1, 0.15) is 13.3 Å². The Bertz CT molecular complexity index is 172. The molecule has 1 atom stereocenters. The lowest BCUT2D eigenvalue weighted by Gasteiger charge is -2.19. The fraction of sp³-hybridized carbons (Fsp3) is 0.571. The zero-order chi connectivity index (χ0) is 7.56. The molecule has 0 saturated carbocycles. The highest BCUT2D eigenvalue weighted by molar-refractivity contribution is 5.91. The number of rotatable bonds is 1. The van der Waals surface area contributed by atoms with E-state index in [0.717, 1.165) is 0 Å². The Morgan fingerprint density at radius 2 is 2.60 bits per heavy atom. The summed E-state index contributed by atoms with van der Waals surface area (Å²) >= 11 is 0. The van der Waals surface area contributed by atoms with Crippen LogP contribution in [0.25, 0.3) is 0 Å². The van der Waals surface area contributed by atoms with Gasteiger partial charge >= 0.3 is 0 Å². The second-order valence-electron chi connectivity index (χ2n) is 2.35. The molecule has 56 valence electrons. The highest BCUT2D eigenvalue weighted by atomic mass is 16.5. The van der Waals surface area contributed by atoms with Crippen LogP contribution in [0.5, 0.6) is 0 Å². The van der Waals surface area contributed by atoms with Crippen LogP contribution in [-0.4, -0.2) is 23.6 Å². The fourth-order valence-corrected chi connectivity index (χ4v) is 0.950. The van der Waals surface area contributed by atoms with Gasteiger partial charge in [0.2, 0.25) is 0 Å². The number of ketones is 1. The number of aliphatic hydroxyl groups is 1. The van der Waals surface area contributed by atoms with Crippen molar-refractivity contribution in [3.8, 4) is 0 Å². The predicted molar refractivity (Wildman–Crippen MR) is 35.3 cm³/mol. The van der Waals surface area contributed by atoms with E-state index in [1.54, 1.807) is 6.92 Å². The van der Waals surface area contributed by atoms with Gasteiger partial charge < -0.3 is 9.84 Å². The van der Waals surface area contributed by atoms with Crippen molar-refractivity contribution in [2.75, 3.05) is 6.61 Å². The molecule has 0 aromatic heterocycles. The maximum atomic E-state index is 10.8. The van der Waals surface area contributed by atoms with Gasteiger partial charge in [0.25, 0.3) is 0 Å². The Kier molecular flexibility index (Phi) is 2.06. The zero-order valence-electron chi connectivity index (χ0n) is 5.83. The average molecular weight is 142 g/mol. The monoisotopic (exact) mass is 142 g/mol. The highest BCUT2D eigenvalue weighted by Gasteiger charge is 2.17. The van der Waals surface area contributed by atoms with Gasteiger partial charge in [-0.25, -0.2) is 0 Å². The van der Waals surface area contributed by atoms with Crippen LogP contribution < -0.4 is 0 Å². The smallest absolute Gasteiger partial charge is 0.162 e. The number of aliphatic hydroxyl groups excluding tert-OH is 1. The summed E-state index contributed by atoms with van der Waals surface area (Å²) in [5, 5.41) is 8.62. The molecule has 0 aromatic rings. The van der Waals surface area contributed by atoms with Crippen LogP contribution >= 0.6 is 0 Å². The van der Waals surface area contributed by atoms with Crippen molar-refractivity contribution < 1.29 is 14.6 Å². The van der Waals surface area contributed by atoms with Crippen LogP contribution in [0.4, 0.5) is 0 Å². The minimum absolute atomic E-state index is 0.0304. The molecule has 1 N–H and O–H groups in total. The van der Waals surface area contributed by atoms with Gasteiger partial charge in [-0.2, -0.15) is 0 Å². The van der Waals surface area contributed by atoms with Crippen molar-refractivity contribution in [3.63, 3.8) is 0 Å². The quantitative estimate of drug-likeness (QED) is 0.570. The molecule has 1 heterocycles. The van der Waals surface area contributed by atoms with Crippen LogP contribution in [0.2, 0.25) is 0 Å². The minimum Gasteiger partial charge on any atom is -0.492 e. The first kappa shape index (κ1) is 7.28. The molecule has 0 aromatic carbocycles. The van der Waals surface area contributed by atoms with E-state index in [1.807, 2.05) is 0 Å². The summed E-state index contributed by atoms with van der Waals surface area (Å²) in [6.07, 6.45) is 1.43. The summed E-state index contributed by atoms with van der Waals surface area (Å²) in [5.74, 6) is 0.623. The summed E-state index contributed by atoms with van der Waals surface area (Å²) in [7, 11) is 0. The zero-order valence-corrected chi connectivity index (χ0v) is 5.83. The molecule has 10 heavy (non-hydrogen) atoms. The molecule has 3 nitrogen and oxygen atoms in total. The number of carbonyl (C=O) groups is 1. The van der Waals surface area contributed by atoms with Crippen molar-refractivity contribution in [2.45, 2.75) is 19.4 Å². The summed E-state index contributed by atoms with van der Waals surface area (Å²) < 4.78 is 5.10. The summed E-state index contributed by atoms with van der Waals surface area (Å²) in [4.78, 5) is 10.8. The molecule has 0 saturated heterocycles. The van der Waals surface area contributed by atoms with Gasteiger partial charge in [0.05, 0.1) is 12.4 Å². The van der Waals surface area contributed by atoms with Gasteiger partial charge in [-0.15, -0.1) is 0 Å². The van der Waals surface area contributed by atoms with Crippen molar-refractivity contribution in [2.24, 2.45) is 0 Å². The normalized spacial score (nSPS) is 25.6. The summed E-state index contributed by atoms with van der Waals surface area (Å²) in [6.45, 7) is 1.62. The Labute approximate surface area is 59.3 Å². The van der Waals surface area contributed by atoms with Crippen molar-refractivity contribution in [3.05, 3.63) is 11.8 Å². The Hall–Kier alpha value is -0.830. The molecule has 0 amide bonds. The number of carbonyl (C=O) groups excluding carboxylic acids is 1. The Morgan fingerprint density at radius 3 is 3.10 bits per heavy atom. The lowest BCUT2D eigenvalue weighted by molar-refractivity contribution is -0.119. The molecule has 1 aliphatic rings. The van der Waals surface area contributed by atoms with E-state index in [0.29, 0.717) is 12.2 Å². The molecule has 0 aliphatic carbocycles. The molecule has 1 unspecified atom stereocenters. The molecule has 0 fully saturated rings. The number of allylic oxidation sites excluding steroid dienone is 2. The van der Waals surface area contributed by atoms with Crippen LogP contribution in [0.15, 0.2) is 11.8 Å². The van der Waals surface area contributed by atoms with Crippen LogP contribution in [-0.2, 0) is 9.53 Å². The SMILES string of the molecule is CC1=CC(=O)CC(CO)O1. The average Bonchev–Trinajstić information content (AvgIpc) is 1.85. The van der Waals surface area contributed by atoms with E-state index in [9.17, 15) is 4.79 Å². The van der Waals surface area contributed by atoms with E-state index in [-0.39, 0.29) is 18.5 Å². The second-order valence-corrected chi connectivity index (χ2v) is 2.35. The van der Waals surface area contributed by atoms with E-state index < -0.39 is 0 Å². The van der Waals surface area contributed by atoms with Gasteiger partial charge in [0.15, 0.2) is 5.78 Å². The predicted octanol–water partition coefficient (Wildman–Crippen LogP) is 0.240. The third-order valence-corrected chi connectivity index (χ3v) is 1.35. The number of hydrogen-bond donors (Lipinski definition) is 1. The first-order valence-corrected chi connectivity index (χ1v) is 3.21. The standard InChI is InChI=1S/C7H10O3/c1-5-2-6(9)3-7(4-8)10-5/h2,7-8H,3-4H2,1H3. The van der Waals surface area contributed by atoms with Crippen LogP contribution in [0, 0.1) is 0 Å². The Balaban J connectivity index is 2.60. The van der Waals surface area contributed by atoms with E-state index in [4.69, 9.17) is 9.84 Å². The van der Waals surface area contributed by atoms with Crippen molar-refractivity contribution in [1.29, 1.82) is 0 Å². The largest absolute Gasteiger partial charge is 0.492 e. The second kappa shape index (κ2) is 2.84. The minimum atomic E-state index is -0.322. The van der Waals surface area contributed by atoms with Gasteiger partial charge in [0.1, 0.15) is 6.10 Å². The topological polar surface area (TPSA) is 46.5 Å². The van der Waals surface area contributed by atoms with Gasteiger partial charge in [0, 0.05) is 12.5 Å². The number of ether oxygens (including phenoxy) is 1. The van der Waals surface area contributed by atoms with Crippen LogP contribution in [0.3, 0.4) is 0 Å². The summed E-state index contributed by atoms with van der Waals surface area (Å²) in [5.41, 5.74) is 0. The molecule has 1 aliphatic heterocycles. The number of hydrogen-bond acceptors (Lipinski definition) is 3. The first-order chi connectivity index (χ1) is 4.72. The van der Waals surface area contributed by atoms with E-state index >= 15 is 0 Å². The van der Waals surface area contributed by atoms with E-state index in [2.05, 4.69) is 0 Å². The maximum Gasteiger partial charge on any atom is 0.162 e. The highest BCUT2D eigenvalue weighted by Crippen LogP contribution is 2.12. The fourth-order valence-electron chi connectivity index (χ4n) is 0.950. The Morgan fingerprint density at radius 1 is 1.90 bits per heavy atom. The molecule has 1 rings (SSSR count).